The van der Waals surface area contributed by atoms with Crippen LogP contribution in [-0.4, -0.2) is 39.0 Å². The van der Waals surface area contributed by atoms with Crippen LogP contribution in [0.15, 0.2) is 11.2 Å². The van der Waals surface area contributed by atoms with E-state index in [1.165, 1.54) is 12.8 Å². The van der Waals surface area contributed by atoms with Crippen LogP contribution in [0.4, 0.5) is 0 Å². The molecule has 0 saturated heterocycles. The Balaban J connectivity index is 1.95. The topological polar surface area (TPSA) is 58.0 Å². The van der Waals surface area contributed by atoms with Crippen molar-refractivity contribution >= 4 is 11.8 Å². The molecule has 2 rings (SSSR count). The molecule has 1 aliphatic rings. The van der Waals surface area contributed by atoms with Crippen molar-refractivity contribution in [2.24, 2.45) is 0 Å². The monoisotopic (exact) mass is 267 g/mol. The van der Waals surface area contributed by atoms with Gasteiger partial charge in [-0.05, 0) is 39.7 Å². The van der Waals surface area contributed by atoms with E-state index < -0.39 is 0 Å². The Hall–Kier alpha value is -0.650. The summed E-state index contributed by atoms with van der Waals surface area (Å²) in [4.78, 5) is 8.82. The first-order chi connectivity index (χ1) is 8.50. The van der Waals surface area contributed by atoms with E-state index in [0.29, 0.717) is 6.04 Å². The Bertz CT molecular complexity index is 402. The minimum atomic E-state index is -0.243. The van der Waals surface area contributed by atoms with Gasteiger partial charge in [-0.3, -0.25) is 0 Å². The van der Waals surface area contributed by atoms with Gasteiger partial charge in [-0.15, -0.1) is 0 Å². The van der Waals surface area contributed by atoms with Crippen LogP contribution in [0, 0.1) is 13.8 Å². The third-order valence-electron chi connectivity index (χ3n) is 2.96. The van der Waals surface area contributed by atoms with Gasteiger partial charge in [0, 0.05) is 28.7 Å². The molecule has 1 fully saturated rings. The van der Waals surface area contributed by atoms with Crippen molar-refractivity contribution in [1.29, 1.82) is 0 Å². The van der Waals surface area contributed by atoms with Crippen molar-refractivity contribution in [3.05, 3.63) is 17.5 Å². The Morgan fingerprint density at radius 1 is 1.39 bits per heavy atom. The number of rotatable bonds is 6. The van der Waals surface area contributed by atoms with Crippen molar-refractivity contribution in [2.45, 2.75) is 50.4 Å². The fourth-order valence-corrected chi connectivity index (χ4v) is 2.87. The van der Waals surface area contributed by atoms with Crippen molar-refractivity contribution in [3.63, 3.8) is 0 Å². The maximum atomic E-state index is 9.53. The van der Waals surface area contributed by atoms with Crippen LogP contribution in [0.1, 0.15) is 31.2 Å². The molecule has 1 aromatic heterocycles. The zero-order chi connectivity index (χ0) is 13.2. The van der Waals surface area contributed by atoms with Crippen LogP contribution in [0.5, 0.6) is 0 Å². The molecule has 5 heteroatoms. The number of hydrogen-bond acceptors (Lipinski definition) is 5. The zero-order valence-corrected chi connectivity index (χ0v) is 12.0. The average Bonchev–Trinajstić information content (AvgIpc) is 3.09. The SMILES string of the molecule is Cc1cc(C)nc(SCC(C)(CO)NC2CC2)n1. The van der Waals surface area contributed by atoms with Gasteiger partial charge < -0.3 is 10.4 Å². The third-order valence-corrected chi connectivity index (χ3v) is 4.18. The summed E-state index contributed by atoms with van der Waals surface area (Å²) in [7, 11) is 0. The van der Waals surface area contributed by atoms with Crippen LogP contribution in [-0.2, 0) is 0 Å². The van der Waals surface area contributed by atoms with Gasteiger partial charge in [0.1, 0.15) is 0 Å². The van der Waals surface area contributed by atoms with Crippen molar-refractivity contribution < 1.29 is 5.11 Å². The average molecular weight is 267 g/mol. The molecule has 0 aromatic carbocycles. The highest BCUT2D eigenvalue weighted by Gasteiger charge is 2.32. The highest BCUT2D eigenvalue weighted by molar-refractivity contribution is 7.99. The number of thioether (sulfide) groups is 1. The molecule has 0 radical (unpaired) electrons. The van der Waals surface area contributed by atoms with E-state index in [9.17, 15) is 5.11 Å². The molecule has 18 heavy (non-hydrogen) atoms. The number of aryl methyl sites for hydroxylation is 2. The highest BCUT2D eigenvalue weighted by Crippen LogP contribution is 2.26. The normalized spacial score (nSPS) is 18.7. The van der Waals surface area contributed by atoms with Crippen LogP contribution < -0.4 is 5.32 Å². The fourth-order valence-electron chi connectivity index (χ4n) is 1.84. The highest BCUT2D eigenvalue weighted by atomic mass is 32.2. The van der Waals surface area contributed by atoms with E-state index in [-0.39, 0.29) is 12.1 Å². The van der Waals surface area contributed by atoms with E-state index in [1.54, 1.807) is 11.8 Å². The molecule has 1 unspecified atom stereocenters. The lowest BCUT2D eigenvalue weighted by molar-refractivity contribution is 0.190. The van der Waals surface area contributed by atoms with E-state index >= 15 is 0 Å². The minimum absolute atomic E-state index is 0.140. The largest absolute Gasteiger partial charge is 0.394 e. The molecular formula is C13H21N3OS. The molecule has 1 aromatic rings. The first-order valence-electron chi connectivity index (χ1n) is 6.34. The molecule has 2 N–H and O–H groups in total. The Kier molecular flexibility index (Phi) is 4.25. The fraction of sp³-hybridized carbons (Fsp3) is 0.692. The van der Waals surface area contributed by atoms with Gasteiger partial charge in [-0.2, -0.15) is 0 Å². The van der Waals surface area contributed by atoms with Gasteiger partial charge in [-0.25, -0.2) is 9.97 Å². The first kappa shape index (κ1) is 13.8. The molecule has 0 aliphatic heterocycles. The predicted octanol–water partition coefficient (Wildman–Crippen LogP) is 1.69. The molecule has 1 heterocycles. The summed E-state index contributed by atoms with van der Waals surface area (Å²) >= 11 is 1.61. The van der Waals surface area contributed by atoms with Crippen LogP contribution in [0.3, 0.4) is 0 Å². The molecule has 0 amide bonds. The lowest BCUT2D eigenvalue weighted by Crippen LogP contribution is -2.49. The number of hydrogen-bond donors (Lipinski definition) is 2. The summed E-state index contributed by atoms with van der Waals surface area (Å²) in [6, 6.07) is 2.56. The van der Waals surface area contributed by atoms with Gasteiger partial charge in [0.05, 0.1) is 6.61 Å². The molecule has 4 nitrogen and oxygen atoms in total. The molecular weight excluding hydrogens is 246 g/mol. The van der Waals surface area contributed by atoms with Gasteiger partial charge in [-0.1, -0.05) is 11.8 Å². The van der Waals surface area contributed by atoms with Crippen LogP contribution in [0.25, 0.3) is 0 Å². The molecule has 1 saturated carbocycles. The number of aliphatic hydroxyl groups excluding tert-OH is 1. The second kappa shape index (κ2) is 5.55. The van der Waals surface area contributed by atoms with Gasteiger partial charge >= 0.3 is 0 Å². The van der Waals surface area contributed by atoms with Crippen molar-refractivity contribution in [2.75, 3.05) is 12.4 Å². The summed E-state index contributed by atoms with van der Waals surface area (Å²) in [6.45, 7) is 6.15. The quantitative estimate of drug-likeness (QED) is 0.607. The molecule has 1 atom stereocenters. The van der Waals surface area contributed by atoms with E-state index in [4.69, 9.17) is 0 Å². The van der Waals surface area contributed by atoms with Gasteiger partial charge in [0.15, 0.2) is 5.16 Å². The van der Waals surface area contributed by atoms with Gasteiger partial charge in [0.2, 0.25) is 0 Å². The Labute approximate surface area is 113 Å². The molecule has 0 spiro atoms. The van der Waals surface area contributed by atoms with Crippen molar-refractivity contribution in [1.82, 2.24) is 15.3 Å². The molecule has 1 aliphatic carbocycles. The standard InChI is InChI=1S/C13H21N3OS/c1-9-6-10(2)15-12(14-9)18-8-13(3,7-17)16-11-4-5-11/h6,11,16-17H,4-5,7-8H2,1-3H3. The Morgan fingerprint density at radius 3 is 2.50 bits per heavy atom. The summed E-state index contributed by atoms with van der Waals surface area (Å²) in [5.41, 5.74) is 1.74. The minimum Gasteiger partial charge on any atom is -0.394 e. The first-order valence-corrected chi connectivity index (χ1v) is 7.33. The Morgan fingerprint density at radius 2 is 2.00 bits per heavy atom. The second-order valence-corrected chi connectivity index (χ2v) is 6.30. The smallest absolute Gasteiger partial charge is 0.188 e. The summed E-state index contributed by atoms with van der Waals surface area (Å²) in [5.74, 6) is 0.781. The van der Waals surface area contributed by atoms with Crippen molar-refractivity contribution in [3.8, 4) is 0 Å². The third kappa shape index (κ3) is 3.93. The summed E-state index contributed by atoms with van der Waals surface area (Å²) in [5, 5.41) is 13.8. The molecule has 100 valence electrons. The summed E-state index contributed by atoms with van der Waals surface area (Å²) in [6.07, 6.45) is 2.45. The lowest BCUT2D eigenvalue weighted by atomic mass is 10.1. The number of nitrogens with one attached hydrogen (secondary N) is 1. The number of nitrogens with zero attached hydrogens (tertiary/aromatic N) is 2. The summed E-state index contributed by atoms with van der Waals surface area (Å²) < 4.78 is 0. The van der Waals surface area contributed by atoms with Crippen LogP contribution >= 0.6 is 11.8 Å². The molecule has 0 bridgehead atoms. The van der Waals surface area contributed by atoms with E-state index in [0.717, 1.165) is 22.3 Å². The predicted molar refractivity (Wildman–Crippen MR) is 73.9 cm³/mol. The zero-order valence-electron chi connectivity index (χ0n) is 11.2. The van der Waals surface area contributed by atoms with E-state index in [1.807, 2.05) is 19.9 Å². The maximum absolute atomic E-state index is 9.53. The number of aromatic nitrogens is 2. The second-order valence-electron chi connectivity index (χ2n) is 5.36. The number of aliphatic hydroxyl groups is 1. The van der Waals surface area contributed by atoms with E-state index in [2.05, 4.69) is 22.2 Å². The maximum Gasteiger partial charge on any atom is 0.188 e. The lowest BCUT2D eigenvalue weighted by Gasteiger charge is -2.28. The van der Waals surface area contributed by atoms with Gasteiger partial charge in [0.25, 0.3) is 0 Å². The van der Waals surface area contributed by atoms with Crippen LogP contribution in [0.2, 0.25) is 0 Å².